The van der Waals surface area contributed by atoms with E-state index in [1.54, 1.807) is 4.68 Å². The third-order valence-corrected chi connectivity index (χ3v) is 3.18. The molecule has 0 amide bonds. The summed E-state index contributed by atoms with van der Waals surface area (Å²) in [4.78, 5) is 14.4. The zero-order chi connectivity index (χ0) is 14.9. The molecule has 3 N–H and O–H groups in total. The summed E-state index contributed by atoms with van der Waals surface area (Å²) < 4.78 is 1.77. The highest BCUT2D eigenvalue weighted by molar-refractivity contribution is 5.59. The SMILES string of the molecule is Cc1nn(C)c(C)c1CNc1nc(N)ccc1[N+](=O)[O-]. The first-order chi connectivity index (χ1) is 9.40. The summed E-state index contributed by atoms with van der Waals surface area (Å²) in [6.45, 7) is 4.24. The Kier molecular flexibility index (Phi) is 3.55. The molecule has 0 aromatic carbocycles. The normalized spacial score (nSPS) is 10.6. The number of nitrogens with one attached hydrogen (secondary N) is 1. The van der Waals surface area contributed by atoms with E-state index in [0.29, 0.717) is 6.54 Å². The van der Waals surface area contributed by atoms with E-state index in [-0.39, 0.29) is 17.3 Å². The van der Waals surface area contributed by atoms with Crippen LogP contribution in [0, 0.1) is 24.0 Å². The molecule has 0 fully saturated rings. The second-order valence-corrected chi connectivity index (χ2v) is 4.49. The second-order valence-electron chi connectivity index (χ2n) is 4.49. The minimum atomic E-state index is -0.488. The molecule has 20 heavy (non-hydrogen) atoms. The lowest BCUT2D eigenvalue weighted by molar-refractivity contribution is -0.384. The van der Waals surface area contributed by atoms with Gasteiger partial charge in [0.1, 0.15) is 5.82 Å². The van der Waals surface area contributed by atoms with E-state index in [1.807, 2.05) is 20.9 Å². The van der Waals surface area contributed by atoms with E-state index >= 15 is 0 Å². The number of aryl methyl sites for hydroxylation is 2. The zero-order valence-corrected chi connectivity index (χ0v) is 11.5. The molecule has 0 saturated heterocycles. The summed E-state index contributed by atoms with van der Waals surface area (Å²) in [5, 5.41) is 18.2. The fourth-order valence-corrected chi connectivity index (χ4v) is 1.99. The largest absolute Gasteiger partial charge is 0.384 e. The molecule has 2 rings (SSSR count). The highest BCUT2D eigenvalue weighted by Crippen LogP contribution is 2.24. The van der Waals surface area contributed by atoms with E-state index in [2.05, 4.69) is 15.4 Å². The van der Waals surface area contributed by atoms with Gasteiger partial charge in [-0.3, -0.25) is 14.8 Å². The van der Waals surface area contributed by atoms with Gasteiger partial charge < -0.3 is 11.1 Å². The summed E-state index contributed by atoms with van der Waals surface area (Å²) in [5.41, 5.74) is 8.34. The van der Waals surface area contributed by atoms with Crippen LogP contribution in [0.15, 0.2) is 12.1 Å². The molecule has 0 aliphatic heterocycles. The van der Waals surface area contributed by atoms with Gasteiger partial charge in [0, 0.05) is 30.9 Å². The molecule has 2 heterocycles. The lowest BCUT2D eigenvalue weighted by atomic mass is 10.2. The number of hydrogen-bond donors (Lipinski definition) is 2. The maximum atomic E-state index is 11.0. The molecule has 0 spiro atoms. The van der Waals surface area contributed by atoms with Gasteiger partial charge in [-0.25, -0.2) is 4.98 Å². The van der Waals surface area contributed by atoms with Gasteiger partial charge in [0.25, 0.3) is 0 Å². The van der Waals surface area contributed by atoms with E-state index in [0.717, 1.165) is 17.0 Å². The Morgan fingerprint density at radius 3 is 2.70 bits per heavy atom. The smallest absolute Gasteiger partial charge is 0.311 e. The first-order valence-corrected chi connectivity index (χ1v) is 6.04. The quantitative estimate of drug-likeness (QED) is 0.647. The van der Waals surface area contributed by atoms with E-state index in [1.165, 1.54) is 12.1 Å². The predicted octanol–water partition coefficient (Wildman–Crippen LogP) is 1.53. The number of anilines is 2. The monoisotopic (exact) mass is 276 g/mol. The Bertz CT molecular complexity index is 664. The van der Waals surface area contributed by atoms with Crippen LogP contribution in [-0.4, -0.2) is 19.7 Å². The number of nitro groups is 1. The third-order valence-electron chi connectivity index (χ3n) is 3.18. The minimum Gasteiger partial charge on any atom is -0.384 e. The van der Waals surface area contributed by atoms with Crippen LogP contribution in [-0.2, 0) is 13.6 Å². The Morgan fingerprint density at radius 2 is 2.15 bits per heavy atom. The zero-order valence-electron chi connectivity index (χ0n) is 11.5. The molecule has 2 aromatic rings. The van der Waals surface area contributed by atoms with Crippen molar-refractivity contribution in [1.29, 1.82) is 0 Å². The number of nitrogen functional groups attached to an aromatic ring is 1. The molecule has 8 nitrogen and oxygen atoms in total. The Hall–Kier alpha value is -2.64. The van der Waals surface area contributed by atoms with Crippen molar-refractivity contribution in [2.45, 2.75) is 20.4 Å². The van der Waals surface area contributed by atoms with Gasteiger partial charge in [-0.2, -0.15) is 5.10 Å². The van der Waals surface area contributed by atoms with Crippen LogP contribution in [0.1, 0.15) is 17.0 Å². The van der Waals surface area contributed by atoms with Gasteiger partial charge in [0.15, 0.2) is 0 Å². The van der Waals surface area contributed by atoms with Crippen LogP contribution in [0.3, 0.4) is 0 Å². The number of rotatable bonds is 4. The van der Waals surface area contributed by atoms with Crippen LogP contribution in [0.2, 0.25) is 0 Å². The highest BCUT2D eigenvalue weighted by atomic mass is 16.6. The standard InChI is InChI=1S/C12H16N6O2/c1-7-9(8(2)17(3)16-7)6-14-12-10(18(19)20)4-5-11(13)15-12/h4-5H,6H2,1-3H3,(H3,13,14,15). The van der Waals surface area contributed by atoms with Crippen molar-refractivity contribution in [3.05, 3.63) is 39.2 Å². The average molecular weight is 276 g/mol. The maximum absolute atomic E-state index is 11.0. The number of pyridine rings is 1. The topological polar surface area (TPSA) is 112 Å². The van der Waals surface area contributed by atoms with Crippen molar-refractivity contribution < 1.29 is 4.92 Å². The Balaban J connectivity index is 2.27. The summed E-state index contributed by atoms with van der Waals surface area (Å²) in [7, 11) is 1.85. The van der Waals surface area contributed by atoms with Gasteiger partial charge in [0.2, 0.25) is 5.82 Å². The van der Waals surface area contributed by atoms with E-state index in [9.17, 15) is 10.1 Å². The molecule has 0 unspecified atom stereocenters. The molecule has 0 saturated carbocycles. The van der Waals surface area contributed by atoms with Crippen molar-refractivity contribution in [2.24, 2.45) is 7.05 Å². The van der Waals surface area contributed by atoms with Crippen molar-refractivity contribution in [1.82, 2.24) is 14.8 Å². The van der Waals surface area contributed by atoms with Gasteiger partial charge in [-0.1, -0.05) is 0 Å². The van der Waals surface area contributed by atoms with Crippen molar-refractivity contribution in [3.63, 3.8) is 0 Å². The fraction of sp³-hybridized carbons (Fsp3) is 0.333. The maximum Gasteiger partial charge on any atom is 0.311 e. The molecule has 0 aliphatic carbocycles. The van der Waals surface area contributed by atoms with Crippen molar-refractivity contribution in [3.8, 4) is 0 Å². The molecule has 0 aliphatic rings. The summed E-state index contributed by atoms with van der Waals surface area (Å²) in [5.74, 6) is 0.399. The Labute approximate surface area is 115 Å². The van der Waals surface area contributed by atoms with Crippen LogP contribution >= 0.6 is 0 Å². The second kappa shape index (κ2) is 5.16. The Morgan fingerprint density at radius 1 is 1.45 bits per heavy atom. The van der Waals surface area contributed by atoms with Crippen LogP contribution < -0.4 is 11.1 Å². The fourth-order valence-electron chi connectivity index (χ4n) is 1.99. The molecule has 8 heteroatoms. The first-order valence-electron chi connectivity index (χ1n) is 6.04. The van der Waals surface area contributed by atoms with Crippen LogP contribution in [0.25, 0.3) is 0 Å². The molecule has 0 bridgehead atoms. The van der Waals surface area contributed by atoms with Crippen molar-refractivity contribution in [2.75, 3.05) is 11.1 Å². The van der Waals surface area contributed by atoms with Gasteiger partial charge in [-0.15, -0.1) is 0 Å². The first kappa shape index (κ1) is 13.8. The number of aromatic nitrogens is 3. The molecular formula is C12H16N6O2. The van der Waals surface area contributed by atoms with E-state index in [4.69, 9.17) is 5.73 Å². The number of nitrogens with zero attached hydrogens (tertiary/aromatic N) is 4. The molecule has 106 valence electrons. The summed E-state index contributed by atoms with van der Waals surface area (Å²) in [6.07, 6.45) is 0. The van der Waals surface area contributed by atoms with Gasteiger partial charge in [-0.05, 0) is 19.9 Å². The van der Waals surface area contributed by atoms with Crippen LogP contribution in [0.5, 0.6) is 0 Å². The molecule has 0 radical (unpaired) electrons. The lowest BCUT2D eigenvalue weighted by Gasteiger charge is -2.07. The summed E-state index contributed by atoms with van der Waals surface area (Å²) >= 11 is 0. The van der Waals surface area contributed by atoms with Gasteiger partial charge in [0.05, 0.1) is 10.6 Å². The predicted molar refractivity (Wildman–Crippen MR) is 75.3 cm³/mol. The molecular weight excluding hydrogens is 260 g/mol. The van der Waals surface area contributed by atoms with Crippen LogP contribution in [0.4, 0.5) is 17.3 Å². The molecule has 2 aromatic heterocycles. The summed E-state index contributed by atoms with van der Waals surface area (Å²) in [6, 6.07) is 2.75. The van der Waals surface area contributed by atoms with E-state index < -0.39 is 4.92 Å². The highest BCUT2D eigenvalue weighted by Gasteiger charge is 2.16. The average Bonchev–Trinajstić information content (AvgIpc) is 2.61. The van der Waals surface area contributed by atoms with Gasteiger partial charge >= 0.3 is 5.69 Å². The van der Waals surface area contributed by atoms with Crippen molar-refractivity contribution >= 4 is 17.3 Å². The molecule has 0 atom stereocenters. The number of hydrogen-bond acceptors (Lipinski definition) is 6. The third kappa shape index (κ3) is 2.53. The minimum absolute atomic E-state index is 0.0987. The number of nitrogens with two attached hydrogens (primary N) is 1. The lowest BCUT2D eigenvalue weighted by Crippen LogP contribution is -2.07.